The maximum absolute atomic E-state index is 13.0. The van der Waals surface area contributed by atoms with Gasteiger partial charge in [0, 0.05) is 36.7 Å². The Labute approximate surface area is 198 Å². The Bertz CT molecular complexity index is 1270. The maximum Gasteiger partial charge on any atom is 0.252 e. The summed E-state index contributed by atoms with van der Waals surface area (Å²) in [5.74, 6) is 1.50. The summed E-state index contributed by atoms with van der Waals surface area (Å²) in [7, 11) is 3.29. The number of hydrogen-bond donors (Lipinski definition) is 1. The minimum Gasteiger partial charge on any atom is -0.497 e. The number of hydrogen-bond acceptors (Lipinski definition) is 7. The Morgan fingerprint density at radius 1 is 1.09 bits per heavy atom. The predicted octanol–water partition coefficient (Wildman–Crippen LogP) is 3.32. The number of methoxy groups -OCH3 is 2. The molecule has 1 N–H and O–H groups in total. The lowest BCUT2D eigenvalue weighted by atomic mass is 10.1. The Balaban J connectivity index is 1.72. The van der Waals surface area contributed by atoms with Crippen molar-refractivity contribution in [2.75, 3.05) is 20.8 Å². The normalized spacial score (nSPS) is 12.4. The number of aromatic nitrogens is 5. The van der Waals surface area contributed by atoms with Gasteiger partial charge in [-0.2, -0.15) is 0 Å². The van der Waals surface area contributed by atoms with Crippen molar-refractivity contribution in [3.8, 4) is 5.75 Å². The van der Waals surface area contributed by atoms with Crippen molar-refractivity contribution in [3.63, 3.8) is 0 Å². The fourth-order valence-electron chi connectivity index (χ4n) is 4.18. The molecular formula is C25H30N6O3. The summed E-state index contributed by atoms with van der Waals surface area (Å²) >= 11 is 0. The molecule has 4 aromatic rings. The number of ether oxygens (including phenoxy) is 2. The van der Waals surface area contributed by atoms with E-state index in [4.69, 9.17) is 9.47 Å². The summed E-state index contributed by atoms with van der Waals surface area (Å²) in [6.45, 7) is 4.26. The molecule has 2 heterocycles. The summed E-state index contributed by atoms with van der Waals surface area (Å²) < 4.78 is 12.4. The lowest BCUT2D eigenvalue weighted by Crippen LogP contribution is -2.32. The SMILES string of the molecule is CCC(c1nnnn1CCOC)N(Cc1ccccc1)Cc1cc2cc(OC)ccc2[nH]c1=O. The Kier molecular flexibility index (Phi) is 7.66. The van der Waals surface area contributed by atoms with E-state index in [9.17, 15) is 4.79 Å². The van der Waals surface area contributed by atoms with Gasteiger partial charge in [-0.05, 0) is 46.7 Å². The molecule has 178 valence electrons. The average molecular weight is 463 g/mol. The van der Waals surface area contributed by atoms with E-state index in [-0.39, 0.29) is 11.6 Å². The fraction of sp³-hybridized carbons (Fsp3) is 0.360. The van der Waals surface area contributed by atoms with E-state index in [1.807, 2.05) is 42.5 Å². The number of nitrogens with zero attached hydrogens (tertiary/aromatic N) is 5. The highest BCUT2D eigenvalue weighted by molar-refractivity contribution is 5.80. The van der Waals surface area contributed by atoms with Crippen LogP contribution in [0.4, 0.5) is 0 Å². The topological polar surface area (TPSA) is 98.2 Å². The summed E-state index contributed by atoms with van der Waals surface area (Å²) in [5, 5.41) is 13.3. The number of fused-ring (bicyclic) bond motifs is 1. The van der Waals surface area contributed by atoms with E-state index in [2.05, 4.69) is 44.5 Å². The van der Waals surface area contributed by atoms with Gasteiger partial charge in [-0.1, -0.05) is 37.3 Å². The monoisotopic (exact) mass is 462 g/mol. The van der Waals surface area contributed by atoms with Gasteiger partial charge in [0.1, 0.15) is 5.75 Å². The van der Waals surface area contributed by atoms with Gasteiger partial charge in [0.15, 0.2) is 5.82 Å². The molecule has 0 spiro atoms. The summed E-state index contributed by atoms with van der Waals surface area (Å²) in [5.41, 5.74) is 2.49. The van der Waals surface area contributed by atoms with Crippen LogP contribution in [0.3, 0.4) is 0 Å². The van der Waals surface area contributed by atoms with Crippen molar-refractivity contribution >= 4 is 10.9 Å². The summed E-state index contributed by atoms with van der Waals surface area (Å²) in [6, 6.07) is 17.7. The van der Waals surface area contributed by atoms with Crippen molar-refractivity contribution in [3.05, 3.63) is 81.9 Å². The van der Waals surface area contributed by atoms with Crippen molar-refractivity contribution in [2.24, 2.45) is 0 Å². The summed E-state index contributed by atoms with van der Waals surface area (Å²) in [4.78, 5) is 18.3. The van der Waals surface area contributed by atoms with Gasteiger partial charge in [0.25, 0.3) is 5.56 Å². The van der Waals surface area contributed by atoms with E-state index in [1.54, 1.807) is 18.9 Å². The number of nitrogens with one attached hydrogen (secondary N) is 1. The molecule has 1 atom stereocenters. The predicted molar refractivity (Wildman–Crippen MR) is 130 cm³/mol. The second-order valence-corrected chi connectivity index (χ2v) is 8.14. The third-order valence-corrected chi connectivity index (χ3v) is 5.92. The molecule has 0 bridgehead atoms. The number of aromatic amines is 1. The number of rotatable bonds is 11. The maximum atomic E-state index is 13.0. The van der Waals surface area contributed by atoms with Gasteiger partial charge in [0.05, 0.1) is 26.3 Å². The van der Waals surface area contributed by atoms with Gasteiger partial charge < -0.3 is 14.5 Å². The van der Waals surface area contributed by atoms with Crippen molar-refractivity contribution < 1.29 is 9.47 Å². The van der Waals surface area contributed by atoms with Crippen molar-refractivity contribution in [2.45, 2.75) is 39.0 Å². The first-order chi connectivity index (χ1) is 16.6. The Morgan fingerprint density at radius 2 is 1.91 bits per heavy atom. The fourth-order valence-corrected chi connectivity index (χ4v) is 4.18. The molecule has 9 nitrogen and oxygen atoms in total. The molecule has 9 heteroatoms. The van der Waals surface area contributed by atoms with Gasteiger partial charge in [0.2, 0.25) is 0 Å². The highest BCUT2D eigenvalue weighted by Gasteiger charge is 2.26. The second-order valence-electron chi connectivity index (χ2n) is 8.14. The van der Waals surface area contributed by atoms with Crippen molar-refractivity contribution in [1.29, 1.82) is 0 Å². The van der Waals surface area contributed by atoms with Crippen LogP contribution in [-0.2, 0) is 24.4 Å². The lowest BCUT2D eigenvalue weighted by Gasteiger charge is -2.30. The smallest absolute Gasteiger partial charge is 0.252 e. The van der Waals surface area contributed by atoms with E-state index in [1.165, 1.54) is 0 Å². The van der Waals surface area contributed by atoms with Gasteiger partial charge in [-0.15, -0.1) is 5.10 Å². The molecule has 2 aromatic carbocycles. The molecule has 0 radical (unpaired) electrons. The van der Waals surface area contributed by atoms with Gasteiger partial charge in [-0.3, -0.25) is 9.69 Å². The third-order valence-electron chi connectivity index (χ3n) is 5.92. The molecule has 0 aliphatic heterocycles. The molecule has 4 rings (SSSR count). The van der Waals surface area contributed by atoms with E-state index in [0.29, 0.717) is 31.8 Å². The Hall–Kier alpha value is -3.56. The Morgan fingerprint density at radius 3 is 2.65 bits per heavy atom. The highest BCUT2D eigenvalue weighted by Crippen LogP contribution is 2.27. The highest BCUT2D eigenvalue weighted by atomic mass is 16.5. The quantitative estimate of drug-likeness (QED) is 0.365. The molecule has 0 amide bonds. The van der Waals surface area contributed by atoms with Crippen LogP contribution in [0, 0.1) is 0 Å². The first-order valence-electron chi connectivity index (χ1n) is 11.4. The minimum atomic E-state index is -0.107. The van der Waals surface area contributed by atoms with E-state index in [0.717, 1.165) is 34.5 Å². The molecule has 0 fully saturated rings. The van der Waals surface area contributed by atoms with Crippen LogP contribution in [0.15, 0.2) is 59.4 Å². The molecule has 0 aliphatic carbocycles. The molecule has 2 aromatic heterocycles. The van der Waals surface area contributed by atoms with Crippen molar-refractivity contribution in [1.82, 2.24) is 30.1 Å². The van der Waals surface area contributed by atoms with Crippen LogP contribution in [0.5, 0.6) is 5.75 Å². The third kappa shape index (κ3) is 5.32. The first kappa shape index (κ1) is 23.6. The molecular weight excluding hydrogens is 432 g/mol. The molecule has 1 unspecified atom stereocenters. The number of benzene rings is 2. The lowest BCUT2D eigenvalue weighted by molar-refractivity contribution is 0.151. The standard InChI is InChI=1S/C25H30N6O3/c1-4-23(24-27-28-29-31(24)12-13-33-2)30(16-18-8-6-5-7-9-18)17-20-14-19-15-21(34-3)10-11-22(19)26-25(20)32/h5-11,14-15,23H,4,12-13,16-17H2,1-3H3,(H,26,32). The van der Waals surface area contributed by atoms with Crippen LogP contribution >= 0.6 is 0 Å². The van der Waals surface area contributed by atoms with Crippen LogP contribution < -0.4 is 10.3 Å². The number of H-pyrrole nitrogens is 1. The molecule has 34 heavy (non-hydrogen) atoms. The minimum absolute atomic E-state index is 0.0903. The zero-order valence-electron chi connectivity index (χ0n) is 19.8. The number of tetrazole rings is 1. The van der Waals surface area contributed by atoms with Gasteiger partial charge in [-0.25, -0.2) is 4.68 Å². The van der Waals surface area contributed by atoms with Crippen LogP contribution in [0.25, 0.3) is 10.9 Å². The van der Waals surface area contributed by atoms with Crippen LogP contribution in [0.2, 0.25) is 0 Å². The second kappa shape index (κ2) is 11.0. The van der Waals surface area contributed by atoms with Crippen LogP contribution in [-0.4, -0.2) is 50.9 Å². The average Bonchev–Trinajstić information content (AvgIpc) is 3.32. The molecule has 0 aliphatic rings. The van der Waals surface area contributed by atoms with Crippen LogP contribution in [0.1, 0.15) is 36.3 Å². The zero-order chi connectivity index (χ0) is 23.9. The summed E-state index contributed by atoms with van der Waals surface area (Å²) in [6.07, 6.45) is 0.777. The largest absolute Gasteiger partial charge is 0.497 e. The molecule has 0 saturated heterocycles. The van der Waals surface area contributed by atoms with E-state index < -0.39 is 0 Å². The molecule has 0 saturated carbocycles. The van der Waals surface area contributed by atoms with E-state index >= 15 is 0 Å². The zero-order valence-corrected chi connectivity index (χ0v) is 19.8. The number of pyridine rings is 1. The first-order valence-corrected chi connectivity index (χ1v) is 11.4. The van der Waals surface area contributed by atoms with Gasteiger partial charge >= 0.3 is 0 Å².